The first-order chi connectivity index (χ1) is 6.11. The van der Waals surface area contributed by atoms with Crippen LogP contribution in [0.3, 0.4) is 0 Å². The molecule has 1 aromatic rings. The lowest BCUT2D eigenvalue weighted by molar-refractivity contribution is -0.136. The van der Waals surface area contributed by atoms with Crippen molar-refractivity contribution < 1.29 is 9.90 Å². The van der Waals surface area contributed by atoms with E-state index in [2.05, 4.69) is 9.97 Å². The Balaban J connectivity index is 2.94. The number of carboxylic acids is 1. The van der Waals surface area contributed by atoms with E-state index in [1.54, 1.807) is 6.07 Å². The number of hydrogen-bond donors (Lipinski definition) is 1. The minimum Gasteiger partial charge on any atom is -0.481 e. The van der Waals surface area contributed by atoms with Gasteiger partial charge in [0.2, 0.25) is 5.28 Å². The highest BCUT2D eigenvalue weighted by Gasteiger charge is 2.05. The predicted octanol–water partition coefficient (Wildman–Crippen LogP) is 1.48. The lowest BCUT2D eigenvalue weighted by atomic mass is 10.3. The Kier molecular flexibility index (Phi) is 3.50. The lowest BCUT2D eigenvalue weighted by Crippen LogP contribution is -2.03. The second kappa shape index (κ2) is 4.43. The highest BCUT2D eigenvalue weighted by atomic mass is 35.5. The van der Waals surface area contributed by atoms with Crippen molar-refractivity contribution in [2.75, 3.05) is 6.26 Å². The van der Waals surface area contributed by atoms with Gasteiger partial charge in [-0.2, -0.15) is 0 Å². The standard InChI is InChI=1S/C7H7ClN2O2S/c1-13-5-2-4(3-6(11)12)9-7(8)10-5/h2H,3H2,1H3,(H,11,12). The van der Waals surface area contributed by atoms with Crippen molar-refractivity contribution in [3.8, 4) is 0 Å². The lowest BCUT2D eigenvalue weighted by Gasteiger charge is -1.99. The molecule has 0 spiro atoms. The maximum Gasteiger partial charge on any atom is 0.309 e. The molecule has 0 aromatic carbocycles. The van der Waals surface area contributed by atoms with Gasteiger partial charge in [0.1, 0.15) is 5.03 Å². The van der Waals surface area contributed by atoms with Crippen molar-refractivity contribution in [2.24, 2.45) is 0 Å². The number of hydrogen-bond acceptors (Lipinski definition) is 4. The van der Waals surface area contributed by atoms with E-state index in [1.807, 2.05) is 6.26 Å². The molecule has 0 unspecified atom stereocenters. The average Bonchev–Trinajstić information content (AvgIpc) is 2.01. The van der Waals surface area contributed by atoms with Crippen LogP contribution in [0.1, 0.15) is 5.69 Å². The van der Waals surface area contributed by atoms with E-state index in [0.717, 1.165) is 0 Å². The number of aromatic nitrogens is 2. The summed E-state index contributed by atoms with van der Waals surface area (Å²) in [7, 11) is 0. The van der Waals surface area contributed by atoms with Gasteiger partial charge in [0.25, 0.3) is 0 Å². The molecular formula is C7H7ClN2O2S. The monoisotopic (exact) mass is 218 g/mol. The molecule has 4 nitrogen and oxygen atoms in total. The Morgan fingerprint density at radius 3 is 2.92 bits per heavy atom. The predicted molar refractivity (Wildman–Crippen MR) is 50.2 cm³/mol. The van der Waals surface area contributed by atoms with E-state index >= 15 is 0 Å². The summed E-state index contributed by atoms with van der Waals surface area (Å²) in [5, 5.41) is 9.27. The van der Waals surface area contributed by atoms with Crippen LogP contribution in [0.5, 0.6) is 0 Å². The maximum absolute atomic E-state index is 10.4. The molecule has 0 aliphatic carbocycles. The second-order valence-corrected chi connectivity index (χ2v) is 3.41. The van der Waals surface area contributed by atoms with Gasteiger partial charge in [-0.1, -0.05) is 0 Å². The number of thioether (sulfide) groups is 1. The molecule has 0 saturated heterocycles. The van der Waals surface area contributed by atoms with Gasteiger partial charge in [-0.25, -0.2) is 9.97 Å². The Bertz CT molecular complexity index is 332. The summed E-state index contributed by atoms with van der Waals surface area (Å²) in [4.78, 5) is 18.0. The first-order valence-corrected chi connectivity index (χ1v) is 5.01. The van der Waals surface area contributed by atoms with Crippen molar-refractivity contribution in [1.29, 1.82) is 0 Å². The molecule has 1 heterocycles. The smallest absolute Gasteiger partial charge is 0.309 e. The van der Waals surface area contributed by atoms with E-state index < -0.39 is 5.97 Å². The highest BCUT2D eigenvalue weighted by molar-refractivity contribution is 7.98. The molecule has 0 aliphatic rings. The van der Waals surface area contributed by atoms with Crippen molar-refractivity contribution >= 4 is 29.3 Å². The molecular weight excluding hydrogens is 212 g/mol. The number of nitrogens with zero attached hydrogens (tertiary/aromatic N) is 2. The normalized spacial score (nSPS) is 10.0. The van der Waals surface area contributed by atoms with Crippen LogP contribution < -0.4 is 0 Å². The van der Waals surface area contributed by atoms with Crippen LogP contribution in [0.25, 0.3) is 0 Å². The fourth-order valence-electron chi connectivity index (χ4n) is 0.792. The van der Waals surface area contributed by atoms with E-state index in [0.29, 0.717) is 10.7 Å². The van der Waals surface area contributed by atoms with Gasteiger partial charge in [-0.15, -0.1) is 11.8 Å². The zero-order valence-corrected chi connectivity index (χ0v) is 8.39. The van der Waals surface area contributed by atoms with Crippen molar-refractivity contribution in [2.45, 2.75) is 11.4 Å². The number of carboxylic acid groups (broad SMARTS) is 1. The molecule has 0 atom stereocenters. The third-order valence-corrected chi connectivity index (χ3v) is 2.07. The molecule has 1 rings (SSSR count). The van der Waals surface area contributed by atoms with Crippen LogP contribution in [0.2, 0.25) is 5.28 Å². The molecule has 70 valence electrons. The first-order valence-electron chi connectivity index (χ1n) is 3.41. The van der Waals surface area contributed by atoms with Crippen molar-refractivity contribution in [1.82, 2.24) is 9.97 Å². The molecule has 0 bridgehead atoms. The molecule has 0 fully saturated rings. The Morgan fingerprint density at radius 1 is 1.69 bits per heavy atom. The van der Waals surface area contributed by atoms with Crippen molar-refractivity contribution in [3.63, 3.8) is 0 Å². The summed E-state index contributed by atoms with van der Waals surface area (Å²) in [6.07, 6.45) is 1.71. The Hall–Kier alpha value is -0.810. The highest BCUT2D eigenvalue weighted by Crippen LogP contribution is 2.15. The van der Waals surface area contributed by atoms with E-state index in [-0.39, 0.29) is 11.7 Å². The SMILES string of the molecule is CSc1cc(CC(=O)O)nc(Cl)n1. The molecule has 6 heteroatoms. The van der Waals surface area contributed by atoms with Crippen LogP contribution in [-0.2, 0) is 11.2 Å². The van der Waals surface area contributed by atoms with Crippen LogP contribution in [-0.4, -0.2) is 27.3 Å². The topological polar surface area (TPSA) is 63.1 Å². The van der Waals surface area contributed by atoms with Gasteiger partial charge in [0, 0.05) is 0 Å². The van der Waals surface area contributed by atoms with Gasteiger partial charge >= 0.3 is 5.97 Å². The van der Waals surface area contributed by atoms with E-state index in [1.165, 1.54) is 11.8 Å². The molecule has 0 amide bonds. The fraction of sp³-hybridized carbons (Fsp3) is 0.286. The number of rotatable bonds is 3. The molecule has 0 radical (unpaired) electrons. The summed E-state index contributed by atoms with van der Waals surface area (Å²) < 4.78 is 0. The quantitative estimate of drug-likeness (QED) is 0.473. The minimum absolute atomic E-state index is 0.0862. The van der Waals surface area contributed by atoms with Gasteiger partial charge in [-0.3, -0.25) is 4.79 Å². The summed E-state index contributed by atoms with van der Waals surface area (Å²) >= 11 is 6.98. The third-order valence-electron chi connectivity index (χ3n) is 1.27. The Morgan fingerprint density at radius 2 is 2.38 bits per heavy atom. The molecule has 1 aromatic heterocycles. The van der Waals surface area contributed by atoms with Crippen molar-refractivity contribution in [3.05, 3.63) is 17.0 Å². The summed E-state index contributed by atoms with van der Waals surface area (Å²) in [6.45, 7) is 0. The molecule has 1 N–H and O–H groups in total. The van der Waals surface area contributed by atoms with Gasteiger partial charge in [0.15, 0.2) is 0 Å². The first kappa shape index (κ1) is 10.3. The van der Waals surface area contributed by atoms with Crippen LogP contribution in [0.4, 0.5) is 0 Å². The fourth-order valence-corrected chi connectivity index (χ4v) is 1.47. The van der Waals surface area contributed by atoms with Crippen LogP contribution >= 0.6 is 23.4 Å². The summed E-state index contributed by atoms with van der Waals surface area (Å²) in [6, 6.07) is 1.62. The molecule has 0 aliphatic heterocycles. The molecule has 13 heavy (non-hydrogen) atoms. The second-order valence-electron chi connectivity index (χ2n) is 2.24. The summed E-state index contributed by atoms with van der Waals surface area (Å²) in [5.41, 5.74) is 0.428. The van der Waals surface area contributed by atoms with Gasteiger partial charge < -0.3 is 5.11 Å². The average molecular weight is 219 g/mol. The zero-order chi connectivity index (χ0) is 9.84. The maximum atomic E-state index is 10.4. The molecule has 0 saturated carbocycles. The van der Waals surface area contributed by atoms with Crippen LogP contribution in [0, 0.1) is 0 Å². The number of carbonyl (C=O) groups is 1. The Labute approximate surface area is 84.3 Å². The van der Waals surface area contributed by atoms with E-state index in [4.69, 9.17) is 16.7 Å². The largest absolute Gasteiger partial charge is 0.481 e. The third kappa shape index (κ3) is 3.20. The number of halogens is 1. The summed E-state index contributed by atoms with van der Waals surface area (Å²) in [5.74, 6) is -0.929. The van der Waals surface area contributed by atoms with Crippen LogP contribution in [0.15, 0.2) is 11.1 Å². The van der Waals surface area contributed by atoms with Gasteiger partial charge in [0.05, 0.1) is 12.1 Å². The zero-order valence-electron chi connectivity index (χ0n) is 6.82. The van der Waals surface area contributed by atoms with Gasteiger partial charge in [-0.05, 0) is 23.9 Å². The number of aliphatic carboxylic acids is 1. The minimum atomic E-state index is -0.929. The van der Waals surface area contributed by atoms with E-state index in [9.17, 15) is 4.79 Å².